The summed E-state index contributed by atoms with van der Waals surface area (Å²) in [5.74, 6) is 0. The van der Waals surface area contributed by atoms with Crippen LogP contribution in [-0.4, -0.2) is 21.3 Å². The van der Waals surface area contributed by atoms with E-state index in [9.17, 15) is 0 Å². The fraction of sp³-hybridized carbons (Fsp3) is 1.00. The molecule has 2 aliphatic rings. The number of rotatable bonds is 1. The van der Waals surface area contributed by atoms with Crippen molar-refractivity contribution in [1.29, 1.82) is 0 Å². The molecule has 2 nitrogen and oxygen atoms in total. The fourth-order valence-electron chi connectivity index (χ4n) is 2.24. The van der Waals surface area contributed by atoms with Crippen molar-refractivity contribution in [3.05, 3.63) is 0 Å². The first kappa shape index (κ1) is 8.72. The summed E-state index contributed by atoms with van der Waals surface area (Å²) in [6.45, 7) is 5.45. The summed E-state index contributed by atoms with van der Waals surface area (Å²) < 4.78 is 12.0. The van der Waals surface area contributed by atoms with Crippen molar-refractivity contribution in [2.45, 2.75) is 50.8 Å². The average Bonchev–Trinajstić information content (AvgIpc) is 2.04. The maximum Gasteiger partial charge on any atom is 0.341 e. The fourth-order valence-corrected chi connectivity index (χ4v) is 5.71. The second-order valence-corrected chi connectivity index (χ2v) is 8.04. The molecule has 2 bridgehead atoms. The standard InChI is InChI=1S/C9H18O2Si/c1-8(2)12-7-3-4-9(11-12)5-6-10-12/h8-9H,3-7H2,1-2H3. The van der Waals surface area contributed by atoms with Crippen molar-refractivity contribution in [2.24, 2.45) is 0 Å². The Morgan fingerprint density at radius 2 is 2.17 bits per heavy atom. The van der Waals surface area contributed by atoms with E-state index in [4.69, 9.17) is 8.85 Å². The first-order valence-corrected chi connectivity index (χ1v) is 7.15. The van der Waals surface area contributed by atoms with Gasteiger partial charge >= 0.3 is 8.56 Å². The topological polar surface area (TPSA) is 18.5 Å². The van der Waals surface area contributed by atoms with Gasteiger partial charge in [-0.2, -0.15) is 0 Å². The van der Waals surface area contributed by atoms with E-state index in [1.807, 2.05) is 0 Å². The Morgan fingerprint density at radius 1 is 1.33 bits per heavy atom. The van der Waals surface area contributed by atoms with Crippen molar-refractivity contribution in [3.8, 4) is 0 Å². The smallest absolute Gasteiger partial charge is 0.341 e. The first-order valence-electron chi connectivity index (χ1n) is 5.05. The SMILES string of the molecule is CC(C)[Si]12CCCC(CCO1)O2. The second-order valence-electron chi connectivity index (χ2n) is 4.24. The van der Waals surface area contributed by atoms with Crippen LogP contribution in [0, 0.1) is 0 Å². The van der Waals surface area contributed by atoms with E-state index >= 15 is 0 Å². The Hall–Kier alpha value is 0.137. The van der Waals surface area contributed by atoms with Crippen LogP contribution in [0.15, 0.2) is 0 Å². The van der Waals surface area contributed by atoms with Crippen molar-refractivity contribution in [3.63, 3.8) is 0 Å². The molecule has 0 aliphatic carbocycles. The van der Waals surface area contributed by atoms with Gasteiger partial charge in [0.2, 0.25) is 0 Å². The number of hydrogen-bond acceptors (Lipinski definition) is 2. The van der Waals surface area contributed by atoms with Crippen molar-refractivity contribution >= 4 is 8.56 Å². The van der Waals surface area contributed by atoms with Gasteiger partial charge in [0.25, 0.3) is 0 Å². The van der Waals surface area contributed by atoms with Gasteiger partial charge in [-0.15, -0.1) is 0 Å². The zero-order chi connectivity index (χ0) is 8.60. The molecule has 0 aromatic rings. The van der Waals surface area contributed by atoms with E-state index in [1.165, 1.54) is 18.9 Å². The third-order valence-electron chi connectivity index (χ3n) is 3.08. The molecule has 0 N–H and O–H groups in total. The highest BCUT2D eigenvalue weighted by Crippen LogP contribution is 2.39. The molecule has 12 heavy (non-hydrogen) atoms. The van der Waals surface area contributed by atoms with Crippen LogP contribution < -0.4 is 0 Å². The van der Waals surface area contributed by atoms with E-state index in [-0.39, 0.29) is 0 Å². The zero-order valence-electron chi connectivity index (χ0n) is 8.01. The molecule has 0 saturated carbocycles. The monoisotopic (exact) mass is 186 g/mol. The lowest BCUT2D eigenvalue weighted by atomic mass is 10.1. The Balaban J connectivity index is 2.12. The Bertz CT molecular complexity index is 160. The van der Waals surface area contributed by atoms with E-state index < -0.39 is 8.56 Å². The molecule has 0 amide bonds. The highest BCUT2D eigenvalue weighted by Gasteiger charge is 2.47. The van der Waals surface area contributed by atoms with Crippen molar-refractivity contribution in [1.82, 2.24) is 0 Å². The van der Waals surface area contributed by atoms with E-state index in [0.29, 0.717) is 11.6 Å². The molecule has 3 heteroatoms. The normalized spacial score (nSPS) is 41.8. The van der Waals surface area contributed by atoms with Crippen LogP contribution >= 0.6 is 0 Å². The lowest BCUT2D eigenvalue weighted by Crippen LogP contribution is -2.54. The highest BCUT2D eigenvalue weighted by molar-refractivity contribution is 6.69. The van der Waals surface area contributed by atoms with Gasteiger partial charge in [-0.3, -0.25) is 0 Å². The van der Waals surface area contributed by atoms with Crippen LogP contribution in [0.4, 0.5) is 0 Å². The van der Waals surface area contributed by atoms with Gasteiger partial charge in [-0.25, -0.2) is 0 Å². The minimum atomic E-state index is -1.71. The highest BCUT2D eigenvalue weighted by atomic mass is 28.4. The molecule has 2 saturated heterocycles. The second kappa shape index (κ2) is 3.12. The van der Waals surface area contributed by atoms with Crippen LogP contribution in [0.5, 0.6) is 0 Å². The summed E-state index contributed by atoms with van der Waals surface area (Å²) >= 11 is 0. The maximum atomic E-state index is 6.09. The van der Waals surface area contributed by atoms with Crippen LogP contribution in [0.2, 0.25) is 11.6 Å². The summed E-state index contributed by atoms with van der Waals surface area (Å²) in [5, 5.41) is 0. The molecule has 2 rings (SSSR count). The predicted octanol–water partition coefficient (Wildman–Crippen LogP) is 2.44. The number of hydrogen-bond donors (Lipinski definition) is 0. The van der Waals surface area contributed by atoms with Crippen LogP contribution in [0.25, 0.3) is 0 Å². The van der Waals surface area contributed by atoms with Gasteiger partial charge in [-0.05, 0) is 30.8 Å². The van der Waals surface area contributed by atoms with E-state index in [2.05, 4.69) is 13.8 Å². The number of fused-ring (bicyclic) bond motifs is 2. The van der Waals surface area contributed by atoms with Crippen LogP contribution in [0.3, 0.4) is 0 Å². The molecule has 2 fully saturated rings. The van der Waals surface area contributed by atoms with Gasteiger partial charge < -0.3 is 8.85 Å². The largest absolute Gasteiger partial charge is 0.394 e. The molecule has 0 radical (unpaired) electrons. The molecular weight excluding hydrogens is 168 g/mol. The Morgan fingerprint density at radius 3 is 2.83 bits per heavy atom. The van der Waals surface area contributed by atoms with Gasteiger partial charge in [0.15, 0.2) is 0 Å². The van der Waals surface area contributed by atoms with Gasteiger partial charge in [0.1, 0.15) is 0 Å². The molecule has 0 spiro atoms. The molecular formula is C9H18O2Si. The minimum Gasteiger partial charge on any atom is -0.394 e. The third kappa shape index (κ3) is 1.34. The molecule has 70 valence electrons. The van der Waals surface area contributed by atoms with Crippen LogP contribution in [0.1, 0.15) is 33.1 Å². The van der Waals surface area contributed by atoms with Crippen LogP contribution in [-0.2, 0) is 8.85 Å². The molecule has 2 aliphatic heterocycles. The molecule has 2 atom stereocenters. The molecule has 2 heterocycles. The Labute approximate surface area is 75.5 Å². The quantitative estimate of drug-likeness (QED) is 0.586. The lowest BCUT2D eigenvalue weighted by Gasteiger charge is -2.45. The average molecular weight is 186 g/mol. The van der Waals surface area contributed by atoms with Crippen molar-refractivity contribution < 1.29 is 8.85 Å². The predicted molar refractivity (Wildman–Crippen MR) is 50.3 cm³/mol. The summed E-state index contributed by atoms with van der Waals surface area (Å²) in [4.78, 5) is 0. The summed E-state index contributed by atoms with van der Waals surface area (Å²) in [5.41, 5.74) is 0.626. The molecule has 0 aromatic heterocycles. The molecule has 2 unspecified atom stereocenters. The minimum absolute atomic E-state index is 0.543. The zero-order valence-corrected chi connectivity index (χ0v) is 9.01. The summed E-state index contributed by atoms with van der Waals surface area (Å²) in [6, 6.07) is 1.22. The van der Waals surface area contributed by atoms with Gasteiger partial charge in [0, 0.05) is 12.7 Å². The van der Waals surface area contributed by atoms with E-state index in [0.717, 1.165) is 13.0 Å². The van der Waals surface area contributed by atoms with Crippen molar-refractivity contribution in [2.75, 3.05) is 6.61 Å². The lowest BCUT2D eigenvalue weighted by molar-refractivity contribution is 0.0211. The molecule has 0 aromatic carbocycles. The third-order valence-corrected chi connectivity index (χ3v) is 7.32. The van der Waals surface area contributed by atoms with Gasteiger partial charge in [-0.1, -0.05) is 13.8 Å². The summed E-state index contributed by atoms with van der Waals surface area (Å²) in [6.07, 6.45) is 4.27. The van der Waals surface area contributed by atoms with E-state index in [1.54, 1.807) is 0 Å². The van der Waals surface area contributed by atoms with Gasteiger partial charge in [0.05, 0.1) is 0 Å². The maximum absolute atomic E-state index is 6.09. The Kier molecular flexibility index (Phi) is 2.27. The summed E-state index contributed by atoms with van der Waals surface area (Å²) in [7, 11) is -1.71. The first-order chi connectivity index (χ1) is 5.73.